The number of anilines is 1. The lowest BCUT2D eigenvalue weighted by molar-refractivity contribution is -0.0311. The maximum absolute atomic E-state index is 13.0. The highest BCUT2D eigenvalue weighted by Crippen LogP contribution is 2.30. The summed E-state index contributed by atoms with van der Waals surface area (Å²) < 4.78 is 28.5. The number of hydrogen-bond acceptors (Lipinski definition) is 5. The van der Waals surface area contributed by atoms with Gasteiger partial charge in [0.1, 0.15) is 4.90 Å². The van der Waals surface area contributed by atoms with Gasteiger partial charge in [-0.2, -0.15) is 0 Å². The van der Waals surface area contributed by atoms with E-state index in [1.165, 1.54) is 6.07 Å². The Morgan fingerprint density at radius 1 is 1.09 bits per heavy atom. The van der Waals surface area contributed by atoms with Crippen molar-refractivity contribution < 1.29 is 18.3 Å². The number of benzene rings is 2. The summed E-state index contributed by atoms with van der Waals surface area (Å²) in [5.41, 5.74) is 0.550. The first-order valence-corrected chi connectivity index (χ1v) is 12.6. The number of carbonyl (C=O) groups excluding carboxylic acids is 1. The van der Waals surface area contributed by atoms with Crippen LogP contribution in [-0.2, 0) is 10.0 Å². The Bertz CT molecular complexity index is 1240. The Hall–Kier alpha value is -2.97. The second-order valence-corrected chi connectivity index (χ2v) is 10.8. The van der Waals surface area contributed by atoms with Crippen molar-refractivity contribution in [2.24, 2.45) is 5.92 Å². The van der Waals surface area contributed by atoms with Crippen LogP contribution in [0.3, 0.4) is 0 Å². The summed E-state index contributed by atoms with van der Waals surface area (Å²) in [5.74, 6) is 0.285. The van der Waals surface area contributed by atoms with Crippen LogP contribution in [0.25, 0.3) is 10.9 Å². The summed E-state index contributed by atoms with van der Waals surface area (Å²) in [5, 5.41) is 11.4. The van der Waals surface area contributed by atoms with E-state index in [-0.39, 0.29) is 10.8 Å². The van der Waals surface area contributed by atoms with Gasteiger partial charge < -0.3 is 10.0 Å². The fourth-order valence-corrected chi connectivity index (χ4v) is 5.70. The lowest BCUT2D eigenvalue weighted by Gasteiger charge is -2.39. The van der Waals surface area contributed by atoms with Gasteiger partial charge in [-0.05, 0) is 61.6 Å². The Morgan fingerprint density at radius 2 is 1.76 bits per heavy atom. The number of nitrogens with one attached hydrogen (secondary N) is 1. The van der Waals surface area contributed by atoms with E-state index < -0.39 is 15.6 Å². The highest BCUT2D eigenvalue weighted by atomic mass is 32.2. The molecule has 2 aromatic carbocycles. The summed E-state index contributed by atoms with van der Waals surface area (Å²) in [6, 6.07) is 15.0. The number of sulfonamides is 1. The number of piperidine rings is 1. The van der Waals surface area contributed by atoms with Crippen LogP contribution in [0, 0.1) is 5.92 Å². The van der Waals surface area contributed by atoms with Gasteiger partial charge in [-0.15, -0.1) is 0 Å². The van der Waals surface area contributed by atoms with Gasteiger partial charge in [-0.25, -0.2) is 8.42 Å². The van der Waals surface area contributed by atoms with Crippen molar-refractivity contribution in [3.63, 3.8) is 0 Å². The fraction of sp³-hybridized carbons (Fsp3) is 0.360. The first-order valence-electron chi connectivity index (χ1n) is 11.2. The molecule has 174 valence electrons. The van der Waals surface area contributed by atoms with Crippen LogP contribution in [0.2, 0.25) is 0 Å². The molecule has 33 heavy (non-hydrogen) atoms. The van der Waals surface area contributed by atoms with Crippen molar-refractivity contribution in [2.45, 2.75) is 43.6 Å². The molecule has 0 aliphatic carbocycles. The first kappa shape index (κ1) is 23.2. The molecule has 0 atom stereocenters. The SMILES string of the molecule is CC(C)CC1(O)CCN(C(=O)c2ccc(NS(=O)(=O)c3cccc4cccnc34)cc2)CC1. The average molecular weight is 468 g/mol. The molecule has 2 N–H and O–H groups in total. The number of hydrogen-bond donors (Lipinski definition) is 2. The fourth-order valence-electron chi connectivity index (χ4n) is 4.46. The number of carbonyl (C=O) groups is 1. The Kier molecular flexibility index (Phi) is 6.41. The van der Waals surface area contributed by atoms with Crippen LogP contribution in [0.5, 0.6) is 0 Å². The quantitative estimate of drug-likeness (QED) is 0.570. The molecule has 0 bridgehead atoms. The Labute approximate surface area is 194 Å². The summed E-state index contributed by atoms with van der Waals surface area (Å²) in [7, 11) is -3.85. The smallest absolute Gasteiger partial charge is 0.264 e. The van der Waals surface area contributed by atoms with Crippen LogP contribution in [0.15, 0.2) is 65.7 Å². The summed E-state index contributed by atoms with van der Waals surface area (Å²) in [6.07, 6.45) is 3.42. The standard InChI is InChI=1S/C25H29N3O4S/c1-18(2)17-25(30)12-15-28(16-13-25)24(29)20-8-10-21(11-9-20)27-33(31,32)22-7-3-5-19-6-4-14-26-23(19)22/h3-11,14,18,27,30H,12-13,15-17H2,1-2H3. The van der Waals surface area contributed by atoms with Gasteiger partial charge in [0.25, 0.3) is 15.9 Å². The molecule has 1 aliphatic heterocycles. The van der Waals surface area contributed by atoms with E-state index in [1.54, 1.807) is 47.5 Å². The van der Waals surface area contributed by atoms with Gasteiger partial charge >= 0.3 is 0 Å². The van der Waals surface area contributed by atoms with Gasteiger partial charge in [0.15, 0.2) is 0 Å². The molecule has 1 amide bonds. The van der Waals surface area contributed by atoms with Crippen molar-refractivity contribution in [3.05, 3.63) is 66.4 Å². The largest absolute Gasteiger partial charge is 0.390 e. The van der Waals surface area contributed by atoms with Crippen LogP contribution < -0.4 is 4.72 Å². The number of aliphatic hydroxyl groups is 1. The third-order valence-corrected chi connectivity index (χ3v) is 7.45. The third kappa shape index (κ3) is 5.17. The van der Waals surface area contributed by atoms with Gasteiger partial charge in [-0.3, -0.25) is 14.5 Å². The number of aromatic nitrogens is 1. The zero-order valence-corrected chi connectivity index (χ0v) is 19.7. The van der Waals surface area contributed by atoms with Crippen LogP contribution >= 0.6 is 0 Å². The number of nitrogens with zero attached hydrogens (tertiary/aromatic N) is 2. The second-order valence-electron chi connectivity index (χ2n) is 9.13. The van der Waals surface area contributed by atoms with Crippen molar-refractivity contribution in [3.8, 4) is 0 Å². The minimum absolute atomic E-state index is 0.1000. The molecule has 1 fully saturated rings. The minimum atomic E-state index is -3.85. The van der Waals surface area contributed by atoms with E-state index in [0.717, 1.165) is 11.8 Å². The molecule has 2 heterocycles. The zero-order chi connectivity index (χ0) is 23.6. The van der Waals surface area contributed by atoms with Crippen molar-refractivity contribution in [2.75, 3.05) is 17.8 Å². The van der Waals surface area contributed by atoms with E-state index in [0.29, 0.717) is 48.6 Å². The monoisotopic (exact) mass is 467 g/mol. The molecular formula is C25H29N3O4S. The summed E-state index contributed by atoms with van der Waals surface area (Å²) in [4.78, 5) is 19.0. The lowest BCUT2D eigenvalue weighted by atomic mass is 9.84. The molecule has 8 heteroatoms. The van der Waals surface area contributed by atoms with E-state index in [4.69, 9.17) is 0 Å². The number of para-hydroxylation sites is 1. The lowest BCUT2D eigenvalue weighted by Crippen LogP contribution is -2.47. The number of likely N-dealkylation sites (tertiary alicyclic amines) is 1. The maximum Gasteiger partial charge on any atom is 0.264 e. The molecule has 4 rings (SSSR count). The van der Waals surface area contributed by atoms with Gasteiger partial charge in [0.05, 0.1) is 11.1 Å². The molecule has 1 aromatic heterocycles. The van der Waals surface area contributed by atoms with E-state index in [2.05, 4.69) is 23.6 Å². The topological polar surface area (TPSA) is 99.6 Å². The van der Waals surface area contributed by atoms with E-state index in [1.807, 2.05) is 12.1 Å². The number of amides is 1. The first-order chi connectivity index (χ1) is 15.7. The molecule has 0 radical (unpaired) electrons. The highest BCUT2D eigenvalue weighted by molar-refractivity contribution is 7.93. The van der Waals surface area contributed by atoms with Gasteiger partial charge in [0.2, 0.25) is 0 Å². The van der Waals surface area contributed by atoms with Gasteiger partial charge in [0, 0.05) is 35.9 Å². The Balaban J connectivity index is 1.45. The normalized spacial score (nSPS) is 16.2. The summed E-state index contributed by atoms with van der Waals surface area (Å²) >= 11 is 0. The molecule has 1 saturated heterocycles. The zero-order valence-electron chi connectivity index (χ0n) is 18.9. The van der Waals surface area contributed by atoms with Crippen LogP contribution in [0.1, 0.15) is 43.5 Å². The van der Waals surface area contributed by atoms with Gasteiger partial charge in [-0.1, -0.05) is 32.0 Å². The summed E-state index contributed by atoms with van der Waals surface area (Å²) in [6.45, 7) is 5.18. The number of fused-ring (bicyclic) bond motifs is 1. The van der Waals surface area contributed by atoms with E-state index in [9.17, 15) is 18.3 Å². The molecule has 7 nitrogen and oxygen atoms in total. The molecule has 0 saturated carbocycles. The predicted molar refractivity (Wildman–Crippen MR) is 129 cm³/mol. The predicted octanol–water partition coefficient (Wildman–Crippen LogP) is 4.05. The average Bonchev–Trinajstić information content (AvgIpc) is 2.78. The van der Waals surface area contributed by atoms with E-state index >= 15 is 0 Å². The molecule has 3 aromatic rings. The van der Waals surface area contributed by atoms with Crippen molar-refractivity contribution in [1.82, 2.24) is 9.88 Å². The number of pyridine rings is 1. The third-order valence-electron chi connectivity index (χ3n) is 6.04. The maximum atomic E-state index is 13.0. The highest BCUT2D eigenvalue weighted by Gasteiger charge is 2.34. The van der Waals surface area contributed by atoms with Crippen molar-refractivity contribution in [1.29, 1.82) is 0 Å². The number of rotatable bonds is 6. The second kappa shape index (κ2) is 9.11. The molecule has 1 aliphatic rings. The molecule has 0 unspecified atom stereocenters. The van der Waals surface area contributed by atoms with Crippen molar-refractivity contribution >= 4 is 32.5 Å². The minimum Gasteiger partial charge on any atom is -0.390 e. The molecular weight excluding hydrogens is 438 g/mol. The molecule has 0 spiro atoms. The Morgan fingerprint density at radius 3 is 2.42 bits per heavy atom. The van der Waals surface area contributed by atoms with Crippen LogP contribution in [0.4, 0.5) is 5.69 Å². The van der Waals surface area contributed by atoms with Crippen LogP contribution in [-0.4, -0.2) is 48.0 Å².